The normalized spacial score (nSPS) is 10.7. The number of unbranched alkanes of at least 4 members (excludes halogenated alkanes) is 2. The summed E-state index contributed by atoms with van der Waals surface area (Å²) in [6.07, 6.45) is 4.47. The molecule has 0 spiro atoms. The molecule has 124 valence electrons. The van der Waals surface area contributed by atoms with E-state index in [0.29, 0.717) is 25.2 Å². The van der Waals surface area contributed by atoms with Crippen molar-refractivity contribution in [2.24, 2.45) is 0 Å². The SMILES string of the molecule is CCCCCC(=O)NCCCNC(=O)c1cc2ccccc2[nH]1. The van der Waals surface area contributed by atoms with Crippen molar-refractivity contribution in [2.45, 2.75) is 39.0 Å². The molecule has 2 aromatic rings. The molecular formula is C18H25N3O2. The lowest BCUT2D eigenvalue weighted by Gasteiger charge is -2.06. The molecule has 1 aromatic carbocycles. The Morgan fingerprint density at radius 1 is 1.04 bits per heavy atom. The van der Waals surface area contributed by atoms with Crippen LogP contribution in [0.25, 0.3) is 10.9 Å². The third-order valence-corrected chi connectivity index (χ3v) is 3.74. The smallest absolute Gasteiger partial charge is 0.267 e. The van der Waals surface area contributed by atoms with Gasteiger partial charge in [0, 0.05) is 30.4 Å². The highest BCUT2D eigenvalue weighted by Crippen LogP contribution is 2.14. The van der Waals surface area contributed by atoms with Crippen LogP contribution in [0, 0.1) is 0 Å². The number of fused-ring (bicyclic) bond motifs is 1. The minimum Gasteiger partial charge on any atom is -0.356 e. The largest absolute Gasteiger partial charge is 0.356 e. The topological polar surface area (TPSA) is 74.0 Å². The van der Waals surface area contributed by atoms with E-state index < -0.39 is 0 Å². The maximum Gasteiger partial charge on any atom is 0.267 e. The summed E-state index contributed by atoms with van der Waals surface area (Å²) >= 11 is 0. The molecule has 0 saturated carbocycles. The molecule has 0 saturated heterocycles. The van der Waals surface area contributed by atoms with Crippen LogP contribution in [0.4, 0.5) is 0 Å². The standard InChI is InChI=1S/C18H25N3O2/c1-2-3-4-10-17(22)19-11-7-12-20-18(23)16-13-14-8-5-6-9-15(14)21-16/h5-6,8-9,13,21H,2-4,7,10-12H2,1H3,(H,19,22)(H,20,23). The third kappa shape index (κ3) is 5.43. The summed E-state index contributed by atoms with van der Waals surface area (Å²) < 4.78 is 0. The van der Waals surface area contributed by atoms with Crippen LogP contribution < -0.4 is 10.6 Å². The Morgan fingerprint density at radius 3 is 2.61 bits per heavy atom. The molecule has 1 aromatic heterocycles. The summed E-state index contributed by atoms with van der Waals surface area (Å²) in [5.41, 5.74) is 1.52. The van der Waals surface area contributed by atoms with E-state index in [9.17, 15) is 9.59 Å². The molecule has 0 aliphatic heterocycles. The Balaban J connectivity index is 1.64. The number of rotatable bonds is 9. The first-order valence-corrected chi connectivity index (χ1v) is 8.33. The van der Waals surface area contributed by atoms with Crippen LogP contribution in [0.5, 0.6) is 0 Å². The van der Waals surface area contributed by atoms with Crippen molar-refractivity contribution >= 4 is 22.7 Å². The molecule has 1 heterocycles. The van der Waals surface area contributed by atoms with Crippen LogP contribution in [-0.4, -0.2) is 29.9 Å². The second kappa shape index (κ2) is 8.98. The average Bonchev–Trinajstić information content (AvgIpc) is 2.99. The predicted molar refractivity (Wildman–Crippen MR) is 92.4 cm³/mol. The maximum atomic E-state index is 12.1. The molecule has 5 nitrogen and oxygen atoms in total. The van der Waals surface area contributed by atoms with Crippen molar-refractivity contribution in [3.63, 3.8) is 0 Å². The number of carbonyl (C=O) groups is 2. The summed E-state index contributed by atoms with van der Waals surface area (Å²) in [5.74, 6) is -0.0177. The summed E-state index contributed by atoms with van der Waals surface area (Å²) in [4.78, 5) is 26.7. The lowest BCUT2D eigenvalue weighted by atomic mass is 10.2. The van der Waals surface area contributed by atoms with Crippen LogP contribution in [0.2, 0.25) is 0 Å². The van der Waals surface area contributed by atoms with Crippen LogP contribution in [0.1, 0.15) is 49.5 Å². The van der Waals surface area contributed by atoms with E-state index in [0.717, 1.165) is 36.6 Å². The molecule has 23 heavy (non-hydrogen) atoms. The van der Waals surface area contributed by atoms with Crippen molar-refractivity contribution in [3.8, 4) is 0 Å². The molecule has 0 unspecified atom stereocenters. The van der Waals surface area contributed by atoms with Crippen LogP contribution >= 0.6 is 0 Å². The van der Waals surface area contributed by atoms with Gasteiger partial charge in [-0.3, -0.25) is 9.59 Å². The summed E-state index contributed by atoms with van der Waals surface area (Å²) in [6, 6.07) is 9.64. The maximum absolute atomic E-state index is 12.1. The van der Waals surface area contributed by atoms with Crippen molar-refractivity contribution in [3.05, 3.63) is 36.0 Å². The van der Waals surface area contributed by atoms with Gasteiger partial charge in [-0.2, -0.15) is 0 Å². The first kappa shape index (κ1) is 17.1. The van der Waals surface area contributed by atoms with Gasteiger partial charge >= 0.3 is 0 Å². The highest BCUT2D eigenvalue weighted by Gasteiger charge is 2.08. The van der Waals surface area contributed by atoms with Crippen molar-refractivity contribution < 1.29 is 9.59 Å². The second-order valence-electron chi connectivity index (χ2n) is 5.69. The highest BCUT2D eigenvalue weighted by molar-refractivity contribution is 5.97. The number of aromatic amines is 1. The Kier molecular flexibility index (Phi) is 6.66. The number of carbonyl (C=O) groups excluding carboxylic acids is 2. The molecule has 0 aliphatic carbocycles. The monoisotopic (exact) mass is 315 g/mol. The lowest BCUT2D eigenvalue weighted by molar-refractivity contribution is -0.121. The van der Waals surface area contributed by atoms with E-state index in [1.165, 1.54) is 0 Å². The Labute approximate surface area is 136 Å². The number of aromatic nitrogens is 1. The molecule has 0 bridgehead atoms. The van der Waals surface area contributed by atoms with Gasteiger partial charge in [0.05, 0.1) is 0 Å². The molecule has 0 aliphatic rings. The number of benzene rings is 1. The highest BCUT2D eigenvalue weighted by atomic mass is 16.2. The number of para-hydroxylation sites is 1. The molecular weight excluding hydrogens is 290 g/mol. The van der Waals surface area contributed by atoms with E-state index in [2.05, 4.69) is 22.5 Å². The number of amides is 2. The molecule has 2 rings (SSSR count). The molecule has 0 radical (unpaired) electrons. The minimum absolute atomic E-state index is 0.0976. The molecule has 3 N–H and O–H groups in total. The van der Waals surface area contributed by atoms with Gasteiger partial charge in [-0.05, 0) is 25.0 Å². The fourth-order valence-electron chi connectivity index (χ4n) is 2.43. The van der Waals surface area contributed by atoms with Gasteiger partial charge in [0.25, 0.3) is 5.91 Å². The summed E-state index contributed by atoms with van der Waals surface area (Å²) in [5, 5.41) is 6.77. The number of hydrogen-bond acceptors (Lipinski definition) is 2. The number of hydrogen-bond donors (Lipinski definition) is 3. The van der Waals surface area contributed by atoms with Gasteiger partial charge in [-0.15, -0.1) is 0 Å². The molecule has 0 fully saturated rings. The van der Waals surface area contributed by atoms with Gasteiger partial charge in [-0.1, -0.05) is 38.0 Å². The molecule has 2 amide bonds. The number of H-pyrrole nitrogens is 1. The second-order valence-corrected chi connectivity index (χ2v) is 5.69. The van der Waals surface area contributed by atoms with Gasteiger partial charge in [0.2, 0.25) is 5.91 Å². The minimum atomic E-state index is -0.115. The zero-order chi connectivity index (χ0) is 16.5. The van der Waals surface area contributed by atoms with Crippen LogP contribution in [0.3, 0.4) is 0 Å². The van der Waals surface area contributed by atoms with E-state index >= 15 is 0 Å². The lowest BCUT2D eigenvalue weighted by Crippen LogP contribution is -2.29. The Bertz CT molecular complexity index is 616. The predicted octanol–water partition coefficient (Wildman–Crippen LogP) is 2.98. The fourth-order valence-corrected chi connectivity index (χ4v) is 2.43. The zero-order valence-electron chi connectivity index (χ0n) is 13.7. The van der Waals surface area contributed by atoms with Crippen molar-refractivity contribution in [1.29, 1.82) is 0 Å². The first-order chi connectivity index (χ1) is 11.2. The van der Waals surface area contributed by atoms with Crippen LogP contribution in [-0.2, 0) is 4.79 Å². The molecule has 0 atom stereocenters. The van der Waals surface area contributed by atoms with Crippen molar-refractivity contribution in [1.82, 2.24) is 15.6 Å². The van der Waals surface area contributed by atoms with E-state index in [1.54, 1.807) is 0 Å². The first-order valence-electron chi connectivity index (χ1n) is 8.33. The van der Waals surface area contributed by atoms with E-state index in [4.69, 9.17) is 0 Å². The Hall–Kier alpha value is -2.30. The van der Waals surface area contributed by atoms with Gasteiger partial charge < -0.3 is 15.6 Å². The average molecular weight is 315 g/mol. The van der Waals surface area contributed by atoms with Gasteiger partial charge in [-0.25, -0.2) is 0 Å². The Morgan fingerprint density at radius 2 is 1.83 bits per heavy atom. The van der Waals surface area contributed by atoms with E-state index in [-0.39, 0.29) is 11.8 Å². The third-order valence-electron chi connectivity index (χ3n) is 3.74. The van der Waals surface area contributed by atoms with Gasteiger partial charge in [0.15, 0.2) is 0 Å². The van der Waals surface area contributed by atoms with Crippen molar-refractivity contribution in [2.75, 3.05) is 13.1 Å². The summed E-state index contributed by atoms with van der Waals surface area (Å²) in [7, 11) is 0. The van der Waals surface area contributed by atoms with Gasteiger partial charge in [0.1, 0.15) is 5.69 Å². The summed E-state index contributed by atoms with van der Waals surface area (Å²) in [6.45, 7) is 3.26. The number of nitrogens with one attached hydrogen (secondary N) is 3. The fraction of sp³-hybridized carbons (Fsp3) is 0.444. The zero-order valence-corrected chi connectivity index (χ0v) is 13.7. The van der Waals surface area contributed by atoms with Crippen LogP contribution in [0.15, 0.2) is 30.3 Å². The molecule has 5 heteroatoms. The van der Waals surface area contributed by atoms with E-state index in [1.807, 2.05) is 30.3 Å². The quantitative estimate of drug-likeness (QED) is 0.622.